The van der Waals surface area contributed by atoms with Gasteiger partial charge in [0.25, 0.3) is 0 Å². The Labute approximate surface area is 158 Å². The number of H-pyrrole nitrogens is 1. The van der Waals surface area contributed by atoms with Crippen LogP contribution in [0.1, 0.15) is 40.2 Å². The Balaban J connectivity index is 1.85. The first-order valence-corrected chi connectivity index (χ1v) is 8.82. The molecule has 8 nitrogen and oxygen atoms in total. The van der Waals surface area contributed by atoms with E-state index in [1.54, 1.807) is 0 Å². The molecule has 1 aliphatic rings. The Kier molecular flexibility index (Phi) is 5.17. The van der Waals surface area contributed by atoms with Crippen molar-refractivity contribution >= 4 is 19.1 Å². The zero-order chi connectivity index (χ0) is 19.7. The standard InChI is InChI=1S/C18H24BN5O3/c1-12(25)20-11-15(19-26-17(2,3)18(4,5)27-19)10-13-6-8-14(9-7-13)16-21-23-24-22-16/h6-10H,11H2,1-5H3,(H,20,25)(H,21,22,23,24). The van der Waals surface area contributed by atoms with Gasteiger partial charge in [0.2, 0.25) is 11.7 Å². The summed E-state index contributed by atoms with van der Waals surface area (Å²) < 4.78 is 12.3. The fourth-order valence-corrected chi connectivity index (χ4v) is 2.65. The smallest absolute Gasteiger partial charge is 0.400 e. The van der Waals surface area contributed by atoms with Crippen molar-refractivity contribution in [1.82, 2.24) is 25.9 Å². The molecule has 142 valence electrons. The van der Waals surface area contributed by atoms with Crippen LogP contribution >= 0.6 is 0 Å². The highest BCUT2D eigenvalue weighted by Crippen LogP contribution is 2.38. The molecule has 1 aromatic carbocycles. The van der Waals surface area contributed by atoms with Crippen LogP contribution in [0.5, 0.6) is 0 Å². The Morgan fingerprint density at radius 3 is 2.33 bits per heavy atom. The lowest BCUT2D eigenvalue weighted by atomic mass is 9.77. The summed E-state index contributed by atoms with van der Waals surface area (Å²) >= 11 is 0. The van der Waals surface area contributed by atoms with Crippen LogP contribution in [0.25, 0.3) is 17.5 Å². The third-order valence-electron chi connectivity index (χ3n) is 4.96. The number of hydrogen-bond donors (Lipinski definition) is 2. The quantitative estimate of drug-likeness (QED) is 0.782. The first-order chi connectivity index (χ1) is 12.7. The molecular weight excluding hydrogens is 345 g/mol. The van der Waals surface area contributed by atoms with Crippen LogP contribution in [-0.4, -0.2) is 51.4 Å². The average molecular weight is 369 g/mol. The Hall–Kier alpha value is -2.52. The first kappa shape index (κ1) is 19.3. The molecule has 1 amide bonds. The van der Waals surface area contributed by atoms with Crippen LogP contribution < -0.4 is 5.32 Å². The lowest BCUT2D eigenvalue weighted by Gasteiger charge is -2.32. The third-order valence-corrected chi connectivity index (χ3v) is 4.96. The van der Waals surface area contributed by atoms with Gasteiger partial charge in [-0.25, -0.2) is 0 Å². The normalized spacial score (nSPS) is 18.6. The van der Waals surface area contributed by atoms with E-state index in [9.17, 15) is 4.79 Å². The van der Waals surface area contributed by atoms with Crippen LogP contribution in [0.2, 0.25) is 0 Å². The summed E-state index contributed by atoms with van der Waals surface area (Å²) in [4.78, 5) is 11.4. The summed E-state index contributed by atoms with van der Waals surface area (Å²) in [5.41, 5.74) is 1.76. The van der Waals surface area contributed by atoms with Crippen molar-refractivity contribution in [2.24, 2.45) is 0 Å². The number of benzene rings is 1. The maximum atomic E-state index is 11.4. The lowest BCUT2D eigenvalue weighted by Crippen LogP contribution is -2.41. The van der Waals surface area contributed by atoms with Gasteiger partial charge < -0.3 is 14.6 Å². The monoisotopic (exact) mass is 369 g/mol. The predicted octanol–water partition coefficient (Wildman–Crippen LogP) is 2.02. The highest BCUT2D eigenvalue weighted by atomic mass is 16.7. The van der Waals surface area contributed by atoms with Crippen molar-refractivity contribution in [3.05, 3.63) is 35.3 Å². The van der Waals surface area contributed by atoms with E-state index in [0.29, 0.717) is 12.4 Å². The largest absolute Gasteiger partial charge is 0.492 e. The van der Waals surface area contributed by atoms with E-state index in [4.69, 9.17) is 9.31 Å². The van der Waals surface area contributed by atoms with Gasteiger partial charge >= 0.3 is 7.12 Å². The Morgan fingerprint density at radius 1 is 1.19 bits per heavy atom. The van der Waals surface area contributed by atoms with Crippen molar-refractivity contribution < 1.29 is 14.1 Å². The van der Waals surface area contributed by atoms with Gasteiger partial charge in [0, 0.05) is 19.0 Å². The minimum atomic E-state index is -0.529. The number of tetrazole rings is 1. The molecule has 0 bridgehead atoms. The molecule has 2 heterocycles. The fourth-order valence-electron chi connectivity index (χ4n) is 2.65. The summed E-state index contributed by atoms with van der Waals surface area (Å²) in [6.45, 7) is 9.84. The van der Waals surface area contributed by atoms with Gasteiger partial charge in [-0.3, -0.25) is 4.79 Å². The summed E-state index contributed by atoms with van der Waals surface area (Å²) in [5, 5.41) is 16.8. The van der Waals surface area contributed by atoms with E-state index >= 15 is 0 Å². The molecule has 0 radical (unpaired) electrons. The Morgan fingerprint density at radius 2 is 1.81 bits per heavy atom. The second-order valence-electron chi connectivity index (χ2n) is 7.57. The van der Waals surface area contributed by atoms with Crippen molar-refractivity contribution in [3.8, 4) is 11.4 Å². The van der Waals surface area contributed by atoms with Gasteiger partial charge in [0.1, 0.15) is 0 Å². The van der Waals surface area contributed by atoms with Crippen molar-refractivity contribution in [3.63, 3.8) is 0 Å². The molecule has 1 saturated heterocycles. The van der Waals surface area contributed by atoms with E-state index in [0.717, 1.165) is 16.6 Å². The molecule has 0 aliphatic carbocycles. The van der Waals surface area contributed by atoms with E-state index in [-0.39, 0.29) is 5.91 Å². The average Bonchev–Trinajstić information content (AvgIpc) is 3.18. The van der Waals surface area contributed by atoms with Crippen LogP contribution in [-0.2, 0) is 14.1 Å². The summed E-state index contributed by atoms with van der Waals surface area (Å²) in [7, 11) is -0.529. The first-order valence-electron chi connectivity index (χ1n) is 8.82. The number of aromatic amines is 1. The predicted molar refractivity (Wildman–Crippen MR) is 102 cm³/mol. The van der Waals surface area contributed by atoms with Gasteiger partial charge in [0.15, 0.2) is 0 Å². The van der Waals surface area contributed by atoms with Gasteiger partial charge in [-0.2, -0.15) is 5.21 Å². The summed E-state index contributed by atoms with van der Waals surface area (Å²) in [6.07, 6.45) is 1.97. The molecular formula is C18H24BN5O3. The third kappa shape index (κ3) is 4.25. The highest BCUT2D eigenvalue weighted by Gasteiger charge is 2.52. The number of carbonyl (C=O) groups is 1. The molecule has 1 aliphatic heterocycles. The molecule has 2 aromatic rings. The van der Waals surface area contributed by atoms with Crippen molar-refractivity contribution in [2.45, 2.75) is 45.8 Å². The van der Waals surface area contributed by atoms with E-state index in [2.05, 4.69) is 25.9 Å². The zero-order valence-electron chi connectivity index (χ0n) is 16.2. The summed E-state index contributed by atoms with van der Waals surface area (Å²) in [5.74, 6) is 0.430. The van der Waals surface area contributed by atoms with Gasteiger partial charge in [-0.1, -0.05) is 30.3 Å². The molecule has 2 N–H and O–H groups in total. The topological polar surface area (TPSA) is 102 Å². The molecule has 27 heavy (non-hydrogen) atoms. The van der Waals surface area contributed by atoms with E-state index in [1.165, 1.54) is 6.92 Å². The van der Waals surface area contributed by atoms with Crippen LogP contribution in [0, 0.1) is 0 Å². The van der Waals surface area contributed by atoms with E-state index in [1.807, 2.05) is 58.0 Å². The van der Waals surface area contributed by atoms with Crippen LogP contribution in [0.15, 0.2) is 29.7 Å². The maximum Gasteiger partial charge on any atom is 0.492 e. The van der Waals surface area contributed by atoms with Crippen molar-refractivity contribution in [1.29, 1.82) is 0 Å². The number of aromatic nitrogens is 4. The highest BCUT2D eigenvalue weighted by molar-refractivity contribution is 6.56. The van der Waals surface area contributed by atoms with Crippen molar-refractivity contribution in [2.75, 3.05) is 6.54 Å². The molecule has 0 atom stereocenters. The fraction of sp³-hybridized carbons (Fsp3) is 0.444. The van der Waals surface area contributed by atoms with E-state index < -0.39 is 18.3 Å². The molecule has 9 heteroatoms. The SMILES string of the molecule is CC(=O)NCC(=Cc1ccc(-c2nn[nH]n2)cc1)B1OC(C)(C)C(C)(C)O1. The number of nitrogens with one attached hydrogen (secondary N) is 2. The Bertz CT molecular complexity index is 815. The van der Waals surface area contributed by atoms with Crippen LogP contribution in [0.3, 0.4) is 0 Å². The minimum Gasteiger partial charge on any atom is -0.400 e. The maximum absolute atomic E-state index is 11.4. The number of amides is 1. The van der Waals surface area contributed by atoms with Gasteiger partial charge in [0.05, 0.1) is 11.2 Å². The molecule has 0 spiro atoms. The second kappa shape index (κ2) is 7.24. The molecule has 3 rings (SSSR count). The van der Waals surface area contributed by atoms with Gasteiger partial charge in [-0.15, -0.1) is 10.2 Å². The summed E-state index contributed by atoms with van der Waals surface area (Å²) in [6, 6.07) is 7.73. The molecule has 0 unspecified atom stereocenters. The molecule has 1 fully saturated rings. The number of carbonyl (C=O) groups excluding carboxylic acids is 1. The second-order valence-corrected chi connectivity index (χ2v) is 7.57. The molecule has 1 aromatic heterocycles. The van der Waals surface area contributed by atoms with Gasteiger partial charge in [-0.05, 0) is 43.9 Å². The molecule has 0 saturated carbocycles. The van der Waals surface area contributed by atoms with Crippen LogP contribution in [0.4, 0.5) is 0 Å². The zero-order valence-corrected chi connectivity index (χ0v) is 16.2. The number of rotatable bonds is 5. The number of nitrogens with zero attached hydrogens (tertiary/aromatic N) is 3. The minimum absolute atomic E-state index is 0.107. The lowest BCUT2D eigenvalue weighted by molar-refractivity contribution is -0.118. The number of hydrogen-bond acceptors (Lipinski definition) is 6.